The predicted molar refractivity (Wildman–Crippen MR) is 94.9 cm³/mol. The van der Waals surface area contributed by atoms with Crippen molar-refractivity contribution in [3.05, 3.63) is 53.3 Å². The molecule has 2 heterocycles. The summed E-state index contributed by atoms with van der Waals surface area (Å²) in [4.78, 5) is 14.4. The van der Waals surface area contributed by atoms with Gasteiger partial charge in [0.05, 0.1) is 13.0 Å². The standard InChI is InChI=1S/C21H20F3NO2/c22-14-11-17-16-6-3-4-13(20(16)24)10-15-5-1-2-8-25(15)19(26)7-9-27-21(17)18(23)12-14/h3-4,6,11-12,15H,1-2,5,7-10H2/t15-/m1/s1. The summed E-state index contributed by atoms with van der Waals surface area (Å²) in [5, 5.41) is 0. The van der Waals surface area contributed by atoms with Gasteiger partial charge in [-0.15, -0.1) is 0 Å². The van der Waals surface area contributed by atoms with Crippen LogP contribution in [0.2, 0.25) is 0 Å². The number of carbonyl (C=O) groups is 1. The molecule has 1 atom stereocenters. The van der Waals surface area contributed by atoms with Gasteiger partial charge in [0.1, 0.15) is 11.6 Å². The van der Waals surface area contributed by atoms with E-state index in [4.69, 9.17) is 4.74 Å². The van der Waals surface area contributed by atoms with Gasteiger partial charge in [-0.25, -0.2) is 13.2 Å². The maximum atomic E-state index is 15.2. The number of hydrogen-bond acceptors (Lipinski definition) is 2. The molecule has 1 fully saturated rings. The van der Waals surface area contributed by atoms with E-state index in [-0.39, 0.29) is 41.9 Å². The summed E-state index contributed by atoms with van der Waals surface area (Å²) >= 11 is 0. The molecule has 2 bridgehead atoms. The Morgan fingerprint density at radius 3 is 2.78 bits per heavy atom. The summed E-state index contributed by atoms with van der Waals surface area (Å²) in [5.41, 5.74) is 0.573. The summed E-state index contributed by atoms with van der Waals surface area (Å²) in [6, 6.07) is 6.53. The molecule has 27 heavy (non-hydrogen) atoms. The number of fused-ring (bicyclic) bond motifs is 5. The van der Waals surface area contributed by atoms with Crippen molar-refractivity contribution in [2.45, 2.75) is 38.1 Å². The smallest absolute Gasteiger partial charge is 0.226 e. The molecule has 0 spiro atoms. The van der Waals surface area contributed by atoms with Gasteiger partial charge in [-0.1, -0.05) is 18.2 Å². The average molecular weight is 375 g/mol. The number of hydrogen-bond donors (Lipinski definition) is 0. The van der Waals surface area contributed by atoms with E-state index in [9.17, 15) is 13.6 Å². The van der Waals surface area contributed by atoms with Gasteiger partial charge in [-0.05, 0) is 37.3 Å². The molecule has 1 amide bonds. The van der Waals surface area contributed by atoms with Crippen LogP contribution in [0.3, 0.4) is 0 Å². The van der Waals surface area contributed by atoms with Crippen molar-refractivity contribution in [3.8, 4) is 16.9 Å². The molecular weight excluding hydrogens is 355 g/mol. The molecule has 142 valence electrons. The van der Waals surface area contributed by atoms with E-state index in [1.165, 1.54) is 6.07 Å². The van der Waals surface area contributed by atoms with E-state index >= 15 is 4.39 Å². The quantitative estimate of drug-likeness (QED) is 0.680. The summed E-state index contributed by atoms with van der Waals surface area (Å²) in [5.74, 6) is -2.54. The topological polar surface area (TPSA) is 29.5 Å². The Balaban J connectivity index is 1.85. The van der Waals surface area contributed by atoms with Crippen LogP contribution in [-0.4, -0.2) is 30.0 Å². The van der Waals surface area contributed by atoms with Crippen molar-refractivity contribution in [1.82, 2.24) is 4.90 Å². The Morgan fingerprint density at radius 2 is 1.93 bits per heavy atom. The Morgan fingerprint density at radius 1 is 1.07 bits per heavy atom. The molecule has 2 aromatic rings. The van der Waals surface area contributed by atoms with Crippen molar-refractivity contribution in [1.29, 1.82) is 0 Å². The first-order valence-corrected chi connectivity index (χ1v) is 9.23. The van der Waals surface area contributed by atoms with Crippen molar-refractivity contribution in [3.63, 3.8) is 0 Å². The molecule has 4 rings (SSSR count). The Bertz CT molecular complexity index is 884. The molecule has 0 N–H and O–H groups in total. The predicted octanol–water partition coefficient (Wildman–Crippen LogP) is 4.48. The minimum atomic E-state index is -0.907. The number of ether oxygens (including phenoxy) is 1. The molecule has 0 unspecified atom stereocenters. The normalized spacial score (nSPS) is 20.0. The molecule has 2 aliphatic heterocycles. The highest BCUT2D eigenvalue weighted by molar-refractivity contribution is 5.77. The Labute approximate surface area is 155 Å². The highest BCUT2D eigenvalue weighted by atomic mass is 19.1. The van der Waals surface area contributed by atoms with E-state index in [1.54, 1.807) is 17.0 Å². The van der Waals surface area contributed by atoms with Gasteiger partial charge >= 0.3 is 0 Å². The lowest BCUT2D eigenvalue weighted by atomic mass is 9.92. The van der Waals surface area contributed by atoms with Crippen molar-refractivity contribution in [2.24, 2.45) is 0 Å². The fraction of sp³-hybridized carbons (Fsp3) is 0.381. The zero-order chi connectivity index (χ0) is 19.0. The minimum absolute atomic E-state index is 0.0281. The zero-order valence-electron chi connectivity index (χ0n) is 14.8. The summed E-state index contributed by atoms with van der Waals surface area (Å²) < 4.78 is 48.9. The Kier molecular flexibility index (Phi) is 4.81. The molecular formula is C21H20F3NO2. The molecule has 2 aliphatic rings. The number of piperidine rings is 1. The van der Waals surface area contributed by atoms with Gasteiger partial charge in [-0.2, -0.15) is 0 Å². The second-order valence-electron chi connectivity index (χ2n) is 7.08. The molecule has 1 saturated heterocycles. The molecule has 0 aromatic heterocycles. The third-order valence-electron chi connectivity index (χ3n) is 5.34. The average Bonchev–Trinajstić information content (AvgIpc) is 2.64. The van der Waals surface area contributed by atoms with Gasteiger partial charge < -0.3 is 9.64 Å². The highest BCUT2D eigenvalue weighted by Gasteiger charge is 2.29. The SMILES string of the molecule is O=C1CCOc2c(F)cc(F)cc2-c2cccc(c2F)C[C@H]2CCCCN12. The largest absolute Gasteiger partial charge is 0.489 e. The van der Waals surface area contributed by atoms with Crippen molar-refractivity contribution < 1.29 is 22.7 Å². The lowest BCUT2D eigenvalue weighted by Crippen LogP contribution is -2.45. The number of carbonyl (C=O) groups excluding carboxylic acids is 1. The van der Waals surface area contributed by atoms with Crippen molar-refractivity contribution >= 4 is 5.91 Å². The van der Waals surface area contributed by atoms with Gasteiger partial charge in [-0.3, -0.25) is 4.79 Å². The van der Waals surface area contributed by atoms with Gasteiger partial charge in [0.15, 0.2) is 11.6 Å². The van der Waals surface area contributed by atoms with Crippen LogP contribution in [0.25, 0.3) is 11.1 Å². The Hall–Kier alpha value is -2.50. The van der Waals surface area contributed by atoms with Crippen LogP contribution in [-0.2, 0) is 11.2 Å². The first-order chi connectivity index (χ1) is 13.0. The molecule has 0 radical (unpaired) electrons. The van der Waals surface area contributed by atoms with Crippen LogP contribution in [0.1, 0.15) is 31.2 Å². The monoisotopic (exact) mass is 375 g/mol. The fourth-order valence-corrected chi connectivity index (χ4v) is 4.03. The third kappa shape index (κ3) is 3.40. The number of nitrogens with zero attached hydrogens (tertiary/aromatic N) is 1. The maximum absolute atomic E-state index is 15.2. The van der Waals surface area contributed by atoms with Crippen LogP contribution in [0.4, 0.5) is 13.2 Å². The zero-order valence-corrected chi connectivity index (χ0v) is 14.8. The van der Waals surface area contributed by atoms with Gasteiger partial charge in [0.2, 0.25) is 5.91 Å². The lowest BCUT2D eigenvalue weighted by Gasteiger charge is -2.36. The summed E-state index contributed by atoms with van der Waals surface area (Å²) in [6.45, 7) is 0.597. The minimum Gasteiger partial charge on any atom is -0.489 e. The molecule has 0 saturated carbocycles. The van der Waals surface area contributed by atoms with E-state index in [2.05, 4.69) is 0 Å². The number of halogens is 3. The molecule has 3 nitrogen and oxygen atoms in total. The van der Waals surface area contributed by atoms with Gasteiger partial charge in [0.25, 0.3) is 0 Å². The highest BCUT2D eigenvalue weighted by Crippen LogP contribution is 2.37. The fourth-order valence-electron chi connectivity index (χ4n) is 4.03. The van der Waals surface area contributed by atoms with E-state index in [0.29, 0.717) is 24.6 Å². The first-order valence-electron chi connectivity index (χ1n) is 9.23. The van der Waals surface area contributed by atoms with Gasteiger partial charge in [0, 0.05) is 29.8 Å². The summed E-state index contributed by atoms with van der Waals surface area (Å²) in [6.07, 6.45) is 3.21. The second kappa shape index (κ2) is 7.25. The maximum Gasteiger partial charge on any atom is 0.226 e. The van der Waals surface area contributed by atoms with Crippen LogP contribution in [0.5, 0.6) is 5.75 Å². The second-order valence-corrected chi connectivity index (χ2v) is 7.08. The number of amides is 1. The third-order valence-corrected chi connectivity index (χ3v) is 5.34. The van der Waals surface area contributed by atoms with Crippen LogP contribution < -0.4 is 4.74 Å². The van der Waals surface area contributed by atoms with Crippen LogP contribution in [0, 0.1) is 17.5 Å². The van der Waals surface area contributed by atoms with Crippen LogP contribution in [0.15, 0.2) is 30.3 Å². The first kappa shape index (κ1) is 17.9. The van der Waals surface area contributed by atoms with E-state index < -0.39 is 17.5 Å². The number of benzene rings is 2. The summed E-state index contributed by atoms with van der Waals surface area (Å²) in [7, 11) is 0. The molecule has 6 heteroatoms. The molecule has 2 aromatic carbocycles. The van der Waals surface area contributed by atoms with Crippen molar-refractivity contribution in [2.75, 3.05) is 13.2 Å². The molecule has 0 aliphatic carbocycles. The lowest BCUT2D eigenvalue weighted by molar-refractivity contribution is -0.135. The van der Waals surface area contributed by atoms with Crippen LogP contribution >= 0.6 is 0 Å². The number of rotatable bonds is 0. The van der Waals surface area contributed by atoms with E-state index in [0.717, 1.165) is 25.3 Å². The van der Waals surface area contributed by atoms with E-state index in [1.807, 2.05) is 0 Å².